The summed E-state index contributed by atoms with van der Waals surface area (Å²) in [5.41, 5.74) is 4.48. The number of ether oxygens (including phenoxy) is 2. The summed E-state index contributed by atoms with van der Waals surface area (Å²) < 4.78 is 11.7. The number of hydrogen-bond acceptors (Lipinski definition) is 4. The number of methoxy groups -OCH3 is 1. The van der Waals surface area contributed by atoms with E-state index in [1.165, 1.54) is 11.1 Å². The minimum absolute atomic E-state index is 0.0142. The lowest BCUT2D eigenvalue weighted by Crippen LogP contribution is -2.49. The number of fused-ring (bicyclic) bond motifs is 1. The number of nitrogens with zero attached hydrogens (tertiary/aromatic N) is 1. The first-order chi connectivity index (χ1) is 17.1. The number of piperidine rings is 1. The van der Waals surface area contributed by atoms with E-state index in [-0.39, 0.29) is 5.91 Å². The first-order valence-corrected chi connectivity index (χ1v) is 12.6. The molecule has 3 atom stereocenters. The van der Waals surface area contributed by atoms with Crippen LogP contribution in [0.5, 0.6) is 11.5 Å². The van der Waals surface area contributed by atoms with Crippen molar-refractivity contribution in [1.82, 2.24) is 10.2 Å². The molecule has 2 aliphatic rings. The highest BCUT2D eigenvalue weighted by molar-refractivity contribution is 5.98. The average molecular weight is 471 g/mol. The molecule has 182 valence electrons. The molecule has 2 heterocycles. The Bertz CT molecular complexity index is 1150. The Morgan fingerprint density at radius 3 is 2.54 bits per heavy atom. The van der Waals surface area contributed by atoms with Crippen LogP contribution >= 0.6 is 0 Å². The standard InChI is InChI=1S/C30H34N2O3/c1-21-29(20-35-26-13-10-24-19-31-30(33)28(24)18-26)27(23-8-11-25(34-2)12-9-23)15-17-32(21)16-14-22-6-4-3-5-7-22/h3-13,18,21,27,29H,14-17,19-20H2,1-2H3,(H,31,33)/t21-,27+,29-/m1/s1. The molecule has 0 aromatic heterocycles. The summed E-state index contributed by atoms with van der Waals surface area (Å²) in [6.45, 7) is 5.66. The van der Waals surface area contributed by atoms with Crippen molar-refractivity contribution in [3.63, 3.8) is 0 Å². The van der Waals surface area contributed by atoms with Gasteiger partial charge in [0.25, 0.3) is 5.91 Å². The second-order valence-corrected chi connectivity index (χ2v) is 9.66. The van der Waals surface area contributed by atoms with Gasteiger partial charge in [-0.05, 0) is 73.2 Å². The Hall–Kier alpha value is -3.31. The maximum Gasteiger partial charge on any atom is 0.252 e. The third-order valence-corrected chi connectivity index (χ3v) is 7.72. The second kappa shape index (κ2) is 10.5. The van der Waals surface area contributed by atoms with Gasteiger partial charge in [-0.1, -0.05) is 48.5 Å². The predicted octanol–water partition coefficient (Wildman–Crippen LogP) is 5.05. The summed E-state index contributed by atoms with van der Waals surface area (Å²) in [6, 6.07) is 25.5. The zero-order valence-corrected chi connectivity index (χ0v) is 20.6. The summed E-state index contributed by atoms with van der Waals surface area (Å²) >= 11 is 0. The molecule has 0 saturated carbocycles. The number of hydrogen-bond donors (Lipinski definition) is 1. The number of rotatable bonds is 8. The van der Waals surface area contributed by atoms with Crippen molar-refractivity contribution in [3.8, 4) is 11.5 Å². The maximum atomic E-state index is 12.1. The molecule has 0 bridgehead atoms. The third-order valence-electron chi connectivity index (χ3n) is 7.72. The highest BCUT2D eigenvalue weighted by atomic mass is 16.5. The summed E-state index contributed by atoms with van der Waals surface area (Å²) in [5, 5.41) is 2.88. The van der Waals surface area contributed by atoms with Crippen molar-refractivity contribution >= 4 is 5.91 Å². The van der Waals surface area contributed by atoms with Crippen LogP contribution in [0.15, 0.2) is 72.8 Å². The number of likely N-dealkylation sites (tertiary alicyclic amines) is 1. The maximum absolute atomic E-state index is 12.1. The number of amides is 1. The minimum Gasteiger partial charge on any atom is -0.497 e. The van der Waals surface area contributed by atoms with Crippen LogP contribution in [-0.4, -0.2) is 43.7 Å². The predicted molar refractivity (Wildman–Crippen MR) is 138 cm³/mol. The highest BCUT2D eigenvalue weighted by Crippen LogP contribution is 2.38. The largest absolute Gasteiger partial charge is 0.497 e. The highest BCUT2D eigenvalue weighted by Gasteiger charge is 2.36. The molecule has 5 rings (SSSR count). The molecule has 0 radical (unpaired) electrons. The van der Waals surface area contributed by atoms with Gasteiger partial charge in [0.05, 0.1) is 13.7 Å². The van der Waals surface area contributed by atoms with Gasteiger partial charge < -0.3 is 14.8 Å². The fraction of sp³-hybridized carbons (Fsp3) is 0.367. The zero-order chi connectivity index (χ0) is 24.2. The Morgan fingerprint density at radius 1 is 1.00 bits per heavy atom. The van der Waals surface area contributed by atoms with Crippen LogP contribution in [-0.2, 0) is 13.0 Å². The molecule has 1 amide bonds. The average Bonchev–Trinajstić information content (AvgIpc) is 3.27. The van der Waals surface area contributed by atoms with Gasteiger partial charge >= 0.3 is 0 Å². The monoisotopic (exact) mass is 470 g/mol. The summed E-state index contributed by atoms with van der Waals surface area (Å²) in [6.07, 6.45) is 2.14. The summed E-state index contributed by atoms with van der Waals surface area (Å²) in [7, 11) is 1.70. The van der Waals surface area contributed by atoms with Gasteiger partial charge in [-0.3, -0.25) is 9.69 Å². The molecule has 3 aromatic carbocycles. The SMILES string of the molecule is COc1ccc([C@@H]2CCN(CCc3ccccc3)[C@H](C)[C@H]2COc2ccc3c(c2)C(=O)NC3)cc1. The lowest BCUT2D eigenvalue weighted by atomic mass is 9.76. The van der Waals surface area contributed by atoms with E-state index in [1.807, 2.05) is 18.2 Å². The van der Waals surface area contributed by atoms with Crippen molar-refractivity contribution in [2.24, 2.45) is 5.92 Å². The number of carbonyl (C=O) groups is 1. The van der Waals surface area contributed by atoms with E-state index < -0.39 is 0 Å². The Morgan fingerprint density at radius 2 is 1.77 bits per heavy atom. The normalized spacial score (nSPS) is 21.9. The molecule has 0 aliphatic carbocycles. The van der Waals surface area contributed by atoms with Crippen LogP contribution in [0, 0.1) is 5.92 Å². The minimum atomic E-state index is -0.0142. The van der Waals surface area contributed by atoms with E-state index in [9.17, 15) is 4.79 Å². The van der Waals surface area contributed by atoms with E-state index in [4.69, 9.17) is 9.47 Å². The van der Waals surface area contributed by atoms with Gasteiger partial charge in [0, 0.05) is 30.6 Å². The van der Waals surface area contributed by atoms with Crippen LogP contribution in [0.25, 0.3) is 0 Å². The Balaban J connectivity index is 1.33. The molecule has 3 aromatic rings. The molecule has 0 spiro atoms. The lowest BCUT2D eigenvalue weighted by molar-refractivity contribution is 0.0570. The fourth-order valence-electron chi connectivity index (χ4n) is 5.56. The first-order valence-electron chi connectivity index (χ1n) is 12.6. The zero-order valence-electron chi connectivity index (χ0n) is 20.6. The molecule has 5 heteroatoms. The van der Waals surface area contributed by atoms with Crippen LogP contribution in [0.3, 0.4) is 0 Å². The van der Waals surface area contributed by atoms with E-state index in [0.717, 1.165) is 48.6 Å². The molecule has 1 N–H and O–H groups in total. The van der Waals surface area contributed by atoms with Gasteiger partial charge in [-0.25, -0.2) is 0 Å². The van der Waals surface area contributed by atoms with E-state index in [2.05, 4.69) is 71.7 Å². The lowest BCUT2D eigenvalue weighted by Gasteiger charge is -2.44. The molecular weight excluding hydrogens is 436 g/mol. The summed E-state index contributed by atoms with van der Waals surface area (Å²) in [5.74, 6) is 2.37. The molecule has 1 fully saturated rings. The number of nitrogens with one attached hydrogen (secondary N) is 1. The topological polar surface area (TPSA) is 50.8 Å². The van der Waals surface area contributed by atoms with Gasteiger partial charge in [0.2, 0.25) is 0 Å². The molecule has 0 unspecified atom stereocenters. The van der Waals surface area contributed by atoms with Gasteiger partial charge in [-0.15, -0.1) is 0 Å². The van der Waals surface area contributed by atoms with Crippen molar-refractivity contribution < 1.29 is 14.3 Å². The van der Waals surface area contributed by atoms with Crippen molar-refractivity contribution in [1.29, 1.82) is 0 Å². The second-order valence-electron chi connectivity index (χ2n) is 9.66. The first kappa shape index (κ1) is 23.4. The van der Waals surface area contributed by atoms with E-state index >= 15 is 0 Å². The molecular formula is C30H34N2O3. The summed E-state index contributed by atoms with van der Waals surface area (Å²) in [4.78, 5) is 14.7. The Labute approximate surface area is 208 Å². The van der Waals surface area contributed by atoms with Crippen LogP contribution in [0.4, 0.5) is 0 Å². The van der Waals surface area contributed by atoms with Crippen molar-refractivity contribution in [2.75, 3.05) is 26.8 Å². The van der Waals surface area contributed by atoms with Crippen LogP contribution in [0.1, 0.15) is 46.3 Å². The van der Waals surface area contributed by atoms with Gasteiger partial charge in [0.1, 0.15) is 11.5 Å². The number of carbonyl (C=O) groups excluding carboxylic acids is 1. The van der Waals surface area contributed by atoms with E-state index in [0.29, 0.717) is 31.0 Å². The van der Waals surface area contributed by atoms with Crippen molar-refractivity contribution in [2.45, 2.75) is 38.3 Å². The van der Waals surface area contributed by atoms with Crippen LogP contribution in [0.2, 0.25) is 0 Å². The smallest absolute Gasteiger partial charge is 0.252 e. The fourth-order valence-corrected chi connectivity index (χ4v) is 5.56. The molecule has 35 heavy (non-hydrogen) atoms. The van der Waals surface area contributed by atoms with Crippen LogP contribution < -0.4 is 14.8 Å². The quantitative estimate of drug-likeness (QED) is 0.500. The third kappa shape index (κ3) is 5.20. The number of benzene rings is 3. The van der Waals surface area contributed by atoms with Crippen molar-refractivity contribution in [3.05, 3.63) is 95.1 Å². The van der Waals surface area contributed by atoms with E-state index in [1.54, 1.807) is 7.11 Å². The molecule has 2 aliphatic heterocycles. The molecule has 5 nitrogen and oxygen atoms in total. The van der Waals surface area contributed by atoms with Gasteiger partial charge in [-0.2, -0.15) is 0 Å². The molecule has 1 saturated heterocycles. The van der Waals surface area contributed by atoms with Gasteiger partial charge in [0.15, 0.2) is 0 Å². The Kier molecular flexibility index (Phi) is 7.05.